The lowest BCUT2D eigenvalue weighted by Gasteiger charge is -2.52. The molecule has 0 amide bonds. The molecule has 38 heavy (non-hydrogen) atoms. The van der Waals surface area contributed by atoms with Crippen LogP contribution in [0.3, 0.4) is 0 Å². The highest BCUT2D eigenvalue weighted by Crippen LogP contribution is 2.31. The second-order valence-corrected chi connectivity index (χ2v) is 10.5. The van der Waals surface area contributed by atoms with Crippen molar-refractivity contribution in [2.24, 2.45) is 0 Å². The number of nitrogens with one attached hydrogen (secondary N) is 1. The predicted octanol–water partition coefficient (Wildman–Crippen LogP) is 2.25. The van der Waals surface area contributed by atoms with E-state index >= 15 is 0 Å². The molecule has 0 bridgehead atoms. The molecule has 0 unspecified atom stereocenters. The van der Waals surface area contributed by atoms with E-state index < -0.39 is 0 Å². The van der Waals surface area contributed by atoms with E-state index in [0.717, 1.165) is 63.9 Å². The Morgan fingerprint density at radius 1 is 0.842 bits per heavy atom. The van der Waals surface area contributed by atoms with Gasteiger partial charge in [-0.2, -0.15) is 0 Å². The first-order valence-corrected chi connectivity index (χ1v) is 13.4. The lowest BCUT2D eigenvalue weighted by molar-refractivity contribution is -0.0214. The molecule has 0 atom stereocenters. The van der Waals surface area contributed by atoms with Gasteiger partial charge in [0.1, 0.15) is 23.3 Å². The highest BCUT2D eigenvalue weighted by atomic mass is 16.5. The number of nitrogens with zero attached hydrogens (tertiary/aromatic N) is 6. The largest absolute Gasteiger partial charge is 0.457 e. The second kappa shape index (κ2) is 9.54. The Morgan fingerprint density at radius 3 is 2.24 bits per heavy atom. The number of para-hydroxylation sites is 1. The number of rotatable bonds is 6. The van der Waals surface area contributed by atoms with Crippen LogP contribution < -0.4 is 21.5 Å². The molecule has 3 aliphatic heterocycles. The smallest absolute Gasteiger partial charge is 0.335 e. The van der Waals surface area contributed by atoms with E-state index in [2.05, 4.69) is 25.1 Å². The third-order valence-electron chi connectivity index (χ3n) is 8.30. The highest BCUT2D eigenvalue weighted by molar-refractivity contribution is 5.84. The van der Waals surface area contributed by atoms with Gasteiger partial charge in [0, 0.05) is 57.4 Å². The van der Waals surface area contributed by atoms with Crippen LogP contribution in [0.4, 0.5) is 5.82 Å². The van der Waals surface area contributed by atoms with Crippen LogP contribution in [0.15, 0.2) is 65.7 Å². The van der Waals surface area contributed by atoms with E-state index in [1.807, 2.05) is 59.2 Å². The molecule has 0 aliphatic carbocycles. The summed E-state index contributed by atoms with van der Waals surface area (Å²) >= 11 is 0. The number of benzene rings is 2. The Labute approximate surface area is 220 Å². The molecule has 10 nitrogen and oxygen atoms in total. The molecule has 3 saturated heterocycles. The zero-order valence-corrected chi connectivity index (χ0v) is 21.2. The summed E-state index contributed by atoms with van der Waals surface area (Å²) in [5.74, 6) is 1.75. The van der Waals surface area contributed by atoms with E-state index in [0.29, 0.717) is 34.5 Å². The number of piperidine rings is 1. The standard InChI is InChI=1S/C28H32N8O2/c29-26-25-27(32-18-31-26)36(20-10-12-33(13-11-20)22-16-34(17-22)21-14-30-15-21)28(37)35(25)19-6-8-24(9-7-19)38-23-4-2-1-3-5-23/h1-9,18,20-22,30H,10-17H2,(H2,29,31,32). The average Bonchev–Trinajstić information content (AvgIpc) is 3.19. The molecule has 0 saturated carbocycles. The summed E-state index contributed by atoms with van der Waals surface area (Å²) in [5, 5.41) is 3.36. The van der Waals surface area contributed by atoms with Crippen LogP contribution >= 0.6 is 0 Å². The van der Waals surface area contributed by atoms with Crippen molar-refractivity contribution < 1.29 is 4.74 Å². The Kier molecular flexibility index (Phi) is 5.87. The molecular weight excluding hydrogens is 480 g/mol. The first-order chi connectivity index (χ1) is 18.7. The van der Waals surface area contributed by atoms with Gasteiger partial charge in [-0.3, -0.25) is 18.9 Å². The Bertz CT molecular complexity index is 1480. The van der Waals surface area contributed by atoms with Gasteiger partial charge in [-0.1, -0.05) is 18.2 Å². The van der Waals surface area contributed by atoms with Crippen LogP contribution in [0.25, 0.3) is 16.9 Å². The SMILES string of the molecule is Nc1ncnc2c1n(-c1ccc(Oc3ccccc3)cc1)c(=O)n2C1CCN(C2CN(C3CNC3)C2)CC1. The van der Waals surface area contributed by atoms with Crippen LogP contribution in [0, 0.1) is 0 Å². The number of nitrogens with two attached hydrogens (primary N) is 1. The molecule has 4 aromatic rings. The minimum Gasteiger partial charge on any atom is -0.457 e. The van der Waals surface area contributed by atoms with E-state index in [1.54, 1.807) is 4.57 Å². The molecular formula is C28H32N8O2. The quantitative estimate of drug-likeness (QED) is 0.405. The molecule has 7 rings (SSSR count). The first kappa shape index (κ1) is 23.4. The van der Waals surface area contributed by atoms with Crippen molar-refractivity contribution >= 4 is 17.0 Å². The van der Waals surface area contributed by atoms with Crippen molar-refractivity contribution in [3.8, 4) is 17.2 Å². The Balaban J connectivity index is 1.13. The molecule has 2 aromatic carbocycles. The number of aromatic nitrogens is 4. The van der Waals surface area contributed by atoms with Gasteiger partial charge in [0.2, 0.25) is 0 Å². The fraction of sp³-hybridized carbons (Fsp3) is 0.393. The van der Waals surface area contributed by atoms with Crippen molar-refractivity contribution in [3.63, 3.8) is 0 Å². The maximum Gasteiger partial charge on any atom is 0.335 e. The number of anilines is 1. The van der Waals surface area contributed by atoms with Crippen LogP contribution in [0.2, 0.25) is 0 Å². The van der Waals surface area contributed by atoms with Gasteiger partial charge in [0.25, 0.3) is 0 Å². The fourth-order valence-corrected chi connectivity index (χ4v) is 5.98. The lowest BCUT2D eigenvalue weighted by Crippen LogP contribution is -2.69. The van der Waals surface area contributed by atoms with E-state index in [4.69, 9.17) is 10.5 Å². The number of ether oxygens (including phenoxy) is 1. The Morgan fingerprint density at radius 2 is 1.55 bits per heavy atom. The van der Waals surface area contributed by atoms with E-state index in [9.17, 15) is 4.79 Å². The zero-order chi connectivity index (χ0) is 25.6. The summed E-state index contributed by atoms with van der Waals surface area (Å²) in [7, 11) is 0. The van der Waals surface area contributed by atoms with Gasteiger partial charge >= 0.3 is 5.69 Å². The van der Waals surface area contributed by atoms with Gasteiger partial charge < -0.3 is 15.8 Å². The van der Waals surface area contributed by atoms with Crippen LogP contribution in [0.1, 0.15) is 18.9 Å². The number of hydrogen-bond acceptors (Lipinski definition) is 8. The summed E-state index contributed by atoms with van der Waals surface area (Å²) in [6.07, 6.45) is 3.27. The van der Waals surface area contributed by atoms with E-state index in [1.165, 1.54) is 6.33 Å². The maximum absolute atomic E-state index is 13.9. The van der Waals surface area contributed by atoms with Crippen molar-refractivity contribution in [3.05, 3.63) is 71.4 Å². The monoisotopic (exact) mass is 512 g/mol. The molecule has 0 radical (unpaired) electrons. The molecule has 10 heteroatoms. The van der Waals surface area contributed by atoms with Crippen molar-refractivity contribution in [1.82, 2.24) is 34.2 Å². The number of fused-ring (bicyclic) bond motifs is 1. The first-order valence-electron chi connectivity index (χ1n) is 13.4. The summed E-state index contributed by atoms with van der Waals surface area (Å²) in [6.45, 7) is 6.52. The van der Waals surface area contributed by atoms with Crippen LogP contribution in [-0.2, 0) is 0 Å². The normalized spacial score (nSPS) is 19.9. The molecule has 2 aromatic heterocycles. The third-order valence-corrected chi connectivity index (χ3v) is 8.30. The van der Waals surface area contributed by atoms with Crippen molar-refractivity contribution in [1.29, 1.82) is 0 Å². The second-order valence-electron chi connectivity index (χ2n) is 10.5. The summed E-state index contributed by atoms with van der Waals surface area (Å²) in [5.41, 5.74) is 8.04. The van der Waals surface area contributed by atoms with Crippen molar-refractivity contribution in [2.45, 2.75) is 31.0 Å². The molecule has 3 aliphatic rings. The Hall–Kier alpha value is -3.73. The van der Waals surface area contributed by atoms with Gasteiger partial charge in [-0.15, -0.1) is 0 Å². The lowest BCUT2D eigenvalue weighted by atomic mass is 9.96. The third kappa shape index (κ3) is 4.05. The predicted molar refractivity (Wildman–Crippen MR) is 146 cm³/mol. The minimum absolute atomic E-state index is 0.0736. The van der Waals surface area contributed by atoms with Gasteiger partial charge in [0.15, 0.2) is 11.5 Å². The maximum atomic E-state index is 13.9. The molecule has 0 spiro atoms. The summed E-state index contributed by atoms with van der Waals surface area (Å²) in [6, 6.07) is 18.5. The average molecular weight is 513 g/mol. The fourth-order valence-electron chi connectivity index (χ4n) is 5.98. The van der Waals surface area contributed by atoms with E-state index in [-0.39, 0.29) is 11.7 Å². The molecule has 5 heterocycles. The summed E-state index contributed by atoms with van der Waals surface area (Å²) < 4.78 is 9.41. The van der Waals surface area contributed by atoms with Crippen LogP contribution in [-0.4, -0.2) is 80.3 Å². The van der Waals surface area contributed by atoms with Gasteiger partial charge in [0.05, 0.1) is 5.69 Å². The number of likely N-dealkylation sites (tertiary alicyclic amines) is 2. The molecule has 3 N–H and O–H groups in total. The number of imidazole rings is 1. The van der Waals surface area contributed by atoms with Gasteiger partial charge in [-0.05, 0) is 49.2 Å². The minimum atomic E-state index is -0.130. The number of nitrogen functional groups attached to an aromatic ring is 1. The zero-order valence-electron chi connectivity index (χ0n) is 21.2. The van der Waals surface area contributed by atoms with Crippen molar-refractivity contribution in [2.75, 3.05) is 45.0 Å². The molecule has 3 fully saturated rings. The van der Waals surface area contributed by atoms with Gasteiger partial charge in [-0.25, -0.2) is 14.8 Å². The highest BCUT2D eigenvalue weighted by Gasteiger charge is 2.39. The molecule has 196 valence electrons. The number of hydrogen-bond donors (Lipinski definition) is 2. The van der Waals surface area contributed by atoms with Crippen LogP contribution in [0.5, 0.6) is 11.5 Å². The summed E-state index contributed by atoms with van der Waals surface area (Å²) in [4.78, 5) is 27.8. The topological polar surface area (TPSA) is 106 Å².